The van der Waals surface area contributed by atoms with Crippen molar-refractivity contribution >= 4 is 16.9 Å². The maximum Gasteiger partial charge on any atom is 0.352 e. The molecule has 1 N–H and O–H groups in total. The van der Waals surface area contributed by atoms with Crippen molar-refractivity contribution < 1.29 is 18.7 Å². The first-order valence-corrected chi connectivity index (χ1v) is 10.4. The Hall–Kier alpha value is -3.51. The quantitative estimate of drug-likeness (QED) is 0.426. The number of hydrogen-bond acceptors (Lipinski definition) is 2. The van der Waals surface area contributed by atoms with Gasteiger partial charge in [-0.05, 0) is 55.6 Å². The van der Waals surface area contributed by atoms with Gasteiger partial charge in [-0.15, -0.1) is 0 Å². The van der Waals surface area contributed by atoms with Crippen molar-refractivity contribution in [3.05, 3.63) is 107 Å². The number of fused-ring (bicyclic) bond motifs is 1. The minimum atomic E-state index is -1.04. The van der Waals surface area contributed by atoms with Gasteiger partial charge in [-0.3, -0.25) is 0 Å². The molecule has 6 heteroatoms. The van der Waals surface area contributed by atoms with Crippen molar-refractivity contribution in [2.75, 3.05) is 20.6 Å². The van der Waals surface area contributed by atoms with Crippen LogP contribution in [0.3, 0.4) is 0 Å². The minimum Gasteiger partial charge on any atom is -0.477 e. The van der Waals surface area contributed by atoms with Gasteiger partial charge in [0.05, 0.1) is 0 Å². The van der Waals surface area contributed by atoms with Crippen LogP contribution in [0.25, 0.3) is 10.9 Å². The summed E-state index contributed by atoms with van der Waals surface area (Å²) in [6.45, 7) is 1.16. The summed E-state index contributed by atoms with van der Waals surface area (Å²) in [5.74, 6) is -2.30. The largest absolute Gasteiger partial charge is 0.477 e. The van der Waals surface area contributed by atoms with Crippen LogP contribution in [0.1, 0.15) is 33.1 Å². The molecule has 4 rings (SSSR count). The molecular formula is C26H24F2N2O2. The van der Waals surface area contributed by atoms with E-state index in [-0.39, 0.29) is 17.3 Å². The van der Waals surface area contributed by atoms with Crippen molar-refractivity contribution in [1.82, 2.24) is 9.47 Å². The van der Waals surface area contributed by atoms with Crippen LogP contribution in [-0.4, -0.2) is 41.2 Å². The normalized spacial score (nSPS) is 11.6. The van der Waals surface area contributed by atoms with Crippen LogP contribution >= 0.6 is 0 Å². The molecule has 0 saturated heterocycles. The van der Waals surface area contributed by atoms with Gasteiger partial charge in [0.25, 0.3) is 0 Å². The first kappa shape index (κ1) is 21.7. The van der Waals surface area contributed by atoms with E-state index in [2.05, 4.69) is 0 Å². The van der Waals surface area contributed by atoms with Gasteiger partial charge in [-0.25, -0.2) is 13.6 Å². The fraction of sp³-hybridized carbons (Fsp3) is 0.192. The summed E-state index contributed by atoms with van der Waals surface area (Å²) >= 11 is 0. The molecular weight excluding hydrogens is 410 g/mol. The number of carboxylic acids is 1. The Kier molecular flexibility index (Phi) is 6.06. The summed E-state index contributed by atoms with van der Waals surface area (Å²) in [6, 6.07) is 19.6. The lowest BCUT2D eigenvalue weighted by Gasteiger charge is -2.20. The minimum absolute atomic E-state index is 0.187. The van der Waals surface area contributed by atoms with Crippen molar-refractivity contribution in [3.8, 4) is 0 Å². The smallest absolute Gasteiger partial charge is 0.352 e. The van der Waals surface area contributed by atoms with Gasteiger partial charge < -0.3 is 14.6 Å². The molecule has 1 aromatic heterocycles. The highest BCUT2D eigenvalue weighted by molar-refractivity contribution is 5.99. The number of nitrogens with zero attached hydrogens (tertiary/aromatic N) is 2. The van der Waals surface area contributed by atoms with Crippen molar-refractivity contribution in [2.45, 2.75) is 12.5 Å². The third kappa shape index (κ3) is 4.14. The van der Waals surface area contributed by atoms with E-state index in [9.17, 15) is 18.7 Å². The Morgan fingerprint density at radius 2 is 1.44 bits per heavy atom. The number of halogens is 2. The first-order chi connectivity index (χ1) is 15.4. The second-order valence-electron chi connectivity index (χ2n) is 8.08. The van der Waals surface area contributed by atoms with Crippen LogP contribution in [0.5, 0.6) is 0 Å². The van der Waals surface area contributed by atoms with Gasteiger partial charge >= 0.3 is 5.97 Å². The highest BCUT2D eigenvalue weighted by atomic mass is 19.1. The molecule has 0 atom stereocenters. The van der Waals surface area contributed by atoms with Crippen LogP contribution < -0.4 is 0 Å². The van der Waals surface area contributed by atoms with Gasteiger partial charge in [-0.2, -0.15) is 0 Å². The van der Waals surface area contributed by atoms with E-state index in [1.54, 1.807) is 24.3 Å². The zero-order chi connectivity index (χ0) is 22.8. The SMILES string of the molecule is CN(C)CCn1c(C(=O)O)c(C(c2ccc(F)cc2)c2ccc(F)cc2)c2ccccc21. The molecule has 0 bridgehead atoms. The van der Waals surface area contributed by atoms with E-state index in [4.69, 9.17) is 0 Å². The van der Waals surface area contributed by atoms with E-state index in [1.165, 1.54) is 24.3 Å². The monoisotopic (exact) mass is 434 g/mol. The Bertz CT molecular complexity index is 1200. The molecule has 4 aromatic rings. The van der Waals surface area contributed by atoms with E-state index < -0.39 is 11.9 Å². The number of hydrogen-bond donors (Lipinski definition) is 1. The van der Waals surface area contributed by atoms with Crippen LogP contribution in [-0.2, 0) is 6.54 Å². The lowest BCUT2D eigenvalue weighted by Crippen LogP contribution is -2.21. The molecule has 0 spiro atoms. The molecule has 0 amide bonds. The van der Waals surface area contributed by atoms with Gasteiger partial charge in [-0.1, -0.05) is 42.5 Å². The summed E-state index contributed by atoms with van der Waals surface area (Å²) in [4.78, 5) is 14.6. The fourth-order valence-electron chi connectivity index (χ4n) is 4.22. The average molecular weight is 434 g/mol. The van der Waals surface area contributed by atoms with Gasteiger partial charge in [0.2, 0.25) is 0 Å². The molecule has 0 radical (unpaired) electrons. The maximum atomic E-state index is 13.7. The second-order valence-corrected chi connectivity index (χ2v) is 8.08. The highest BCUT2D eigenvalue weighted by Crippen LogP contribution is 2.40. The highest BCUT2D eigenvalue weighted by Gasteiger charge is 2.30. The predicted octanol–water partition coefficient (Wildman–Crippen LogP) is 5.36. The van der Waals surface area contributed by atoms with Crippen LogP contribution in [0.4, 0.5) is 8.78 Å². The second kappa shape index (κ2) is 8.93. The molecule has 0 aliphatic carbocycles. The molecule has 164 valence electrons. The maximum absolute atomic E-state index is 13.7. The van der Waals surface area contributed by atoms with Crippen molar-refractivity contribution in [3.63, 3.8) is 0 Å². The number of likely N-dealkylation sites (N-methyl/N-ethyl adjacent to an activating group) is 1. The topological polar surface area (TPSA) is 45.5 Å². The van der Waals surface area contributed by atoms with E-state index >= 15 is 0 Å². The number of carbonyl (C=O) groups is 1. The third-order valence-corrected chi connectivity index (χ3v) is 5.68. The zero-order valence-corrected chi connectivity index (χ0v) is 17.9. The van der Waals surface area contributed by atoms with E-state index in [0.717, 1.165) is 22.0 Å². The van der Waals surface area contributed by atoms with Gasteiger partial charge in [0.1, 0.15) is 17.3 Å². The average Bonchev–Trinajstić information content (AvgIpc) is 3.09. The van der Waals surface area contributed by atoms with Gasteiger partial charge in [0, 0.05) is 35.5 Å². The Balaban J connectivity index is 2.04. The summed E-state index contributed by atoms with van der Waals surface area (Å²) in [5, 5.41) is 11.1. The molecule has 0 aliphatic heterocycles. The van der Waals surface area contributed by atoms with E-state index in [0.29, 0.717) is 18.7 Å². The van der Waals surface area contributed by atoms with Crippen LogP contribution in [0.15, 0.2) is 72.8 Å². The molecule has 0 saturated carbocycles. The summed E-state index contributed by atoms with van der Waals surface area (Å²) in [6.07, 6.45) is 0. The summed E-state index contributed by atoms with van der Waals surface area (Å²) < 4.78 is 29.2. The Morgan fingerprint density at radius 3 is 1.94 bits per heavy atom. The number of benzene rings is 3. The standard InChI is InChI=1S/C26H24F2N2O2/c1-29(2)15-16-30-22-6-4-3-5-21(22)24(25(30)26(31)32)23(17-7-11-19(27)12-8-17)18-9-13-20(28)14-10-18/h3-14,23H,15-16H2,1-2H3,(H,31,32). The van der Waals surface area contributed by atoms with Crippen molar-refractivity contribution in [2.24, 2.45) is 0 Å². The molecule has 1 heterocycles. The first-order valence-electron chi connectivity index (χ1n) is 10.4. The molecule has 3 aromatic carbocycles. The summed E-state index contributed by atoms with van der Waals surface area (Å²) in [7, 11) is 3.87. The molecule has 4 nitrogen and oxygen atoms in total. The lowest BCUT2D eigenvalue weighted by atomic mass is 9.83. The Morgan fingerprint density at radius 1 is 0.906 bits per heavy atom. The number of aromatic nitrogens is 1. The molecule has 32 heavy (non-hydrogen) atoms. The number of carboxylic acid groups (broad SMARTS) is 1. The number of rotatable bonds is 7. The van der Waals surface area contributed by atoms with Gasteiger partial charge in [0.15, 0.2) is 0 Å². The van der Waals surface area contributed by atoms with Crippen LogP contribution in [0.2, 0.25) is 0 Å². The number of para-hydroxylation sites is 1. The third-order valence-electron chi connectivity index (χ3n) is 5.68. The molecule has 0 aliphatic rings. The zero-order valence-electron chi connectivity index (χ0n) is 17.9. The summed E-state index contributed by atoms with van der Waals surface area (Å²) in [5.41, 5.74) is 3.08. The van der Waals surface area contributed by atoms with E-state index in [1.807, 2.05) is 47.8 Å². The molecule has 0 fully saturated rings. The fourth-order valence-corrected chi connectivity index (χ4v) is 4.22. The van der Waals surface area contributed by atoms with Crippen molar-refractivity contribution in [1.29, 1.82) is 0 Å². The molecule has 0 unspecified atom stereocenters. The predicted molar refractivity (Wildman–Crippen MR) is 121 cm³/mol. The lowest BCUT2D eigenvalue weighted by molar-refractivity contribution is 0.0683. The Labute approximate surface area is 185 Å². The van der Waals surface area contributed by atoms with Crippen LogP contribution in [0, 0.1) is 11.6 Å². The number of aromatic carboxylic acids is 1.